The minimum Gasteiger partial charge on any atom is -0.394 e. The Labute approximate surface area is 311 Å². The maximum absolute atomic E-state index is 12.3. The molecule has 0 radical (unpaired) electrons. The standard InChI is InChI=1S/C44H89NO5/c1-3-5-7-8-9-10-11-12-13-14-15-16-17-18-19-20-21-22-23-24-25-26-27-28-29-30-31-32-33-34-35-36-38-42(48)44(50)45-40(39-46)43(49)41(47)37-6-4-2/h40-43,46-49H,3-39H2,1-2H3,(H,45,50). The summed E-state index contributed by atoms with van der Waals surface area (Å²) >= 11 is 0. The van der Waals surface area contributed by atoms with E-state index in [0.29, 0.717) is 12.8 Å². The van der Waals surface area contributed by atoms with Crippen molar-refractivity contribution in [3.63, 3.8) is 0 Å². The van der Waals surface area contributed by atoms with Gasteiger partial charge in [-0.25, -0.2) is 0 Å². The van der Waals surface area contributed by atoms with E-state index in [4.69, 9.17) is 0 Å². The summed E-state index contributed by atoms with van der Waals surface area (Å²) in [7, 11) is 0. The fourth-order valence-electron chi connectivity index (χ4n) is 7.22. The number of unbranched alkanes of at least 4 members (excludes halogenated alkanes) is 32. The lowest BCUT2D eigenvalue weighted by atomic mass is 10.0. The monoisotopic (exact) mass is 712 g/mol. The molecule has 0 heterocycles. The molecule has 0 aliphatic heterocycles. The number of hydrogen-bond acceptors (Lipinski definition) is 5. The van der Waals surface area contributed by atoms with Gasteiger partial charge in [0.05, 0.1) is 18.8 Å². The molecule has 5 N–H and O–H groups in total. The molecule has 0 aromatic heterocycles. The normalized spacial score (nSPS) is 14.1. The van der Waals surface area contributed by atoms with Crippen LogP contribution >= 0.6 is 0 Å². The van der Waals surface area contributed by atoms with Crippen molar-refractivity contribution >= 4 is 5.91 Å². The molecule has 0 rings (SSSR count). The van der Waals surface area contributed by atoms with Gasteiger partial charge >= 0.3 is 0 Å². The van der Waals surface area contributed by atoms with Crippen molar-refractivity contribution in [2.75, 3.05) is 6.61 Å². The highest BCUT2D eigenvalue weighted by Crippen LogP contribution is 2.17. The van der Waals surface area contributed by atoms with Gasteiger partial charge in [0.1, 0.15) is 12.2 Å². The highest BCUT2D eigenvalue weighted by atomic mass is 16.3. The lowest BCUT2D eigenvalue weighted by Crippen LogP contribution is -2.53. The minimum absolute atomic E-state index is 0.373. The molecule has 0 bridgehead atoms. The molecule has 1 amide bonds. The highest BCUT2D eigenvalue weighted by Gasteiger charge is 2.28. The molecule has 300 valence electrons. The van der Waals surface area contributed by atoms with Gasteiger partial charge in [-0.2, -0.15) is 0 Å². The first-order valence-electron chi connectivity index (χ1n) is 22.4. The van der Waals surface area contributed by atoms with Gasteiger partial charge in [-0.3, -0.25) is 4.79 Å². The number of rotatable bonds is 41. The minimum atomic E-state index is -1.25. The number of nitrogens with one attached hydrogen (secondary N) is 1. The first-order chi connectivity index (χ1) is 24.5. The van der Waals surface area contributed by atoms with Gasteiger partial charge in [0, 0.05) is 0 Å². The molecule has 4 unspecified atom stereocenters. The van der Waals surface area contributed by atoms with Crippen LogP contribution in [0.25, 0.3) is 0 Å². The van der Waals surface area contributed by atoms with Crippen molar-refractivity contribution in [1.82, 2.24) is 5.32 Å². The first kappa shape index (κ1) is 49.3. The van der Waals surface area contributed by atoms with E-state index in [0.717, 1.165) is 32.1 Å². The van der Waals surface area contributed by atoms with E-state index in [1.165, 1.54) is 186 Å². The lowest BCUT2D eigenvalue weighted by Gasteiger charge is -2.27. The Morgan fingerprint density at radius 3 is 0.980 bits per heavy atom. The van der Waals surface area contributed by atoms with Crippen molar-refractivity contribution in [2.45, 2.75) is 269 Å². The van der Waals surface area contributed by atoms with Crippen molar-refractivity contribution in [3.8, 4) is 0 Å². The quantitative estimate of drug-likeness (QED) is 0.0406. The summed E-state index contributed by atoms with van der Waals surface area (Å²) in [6.45, 7) is 3.81. The topological polar surface area (TPSA) is 110 Å². The highest BCUT2D eigenvalue weighted by molar-refractivity contribution is 5.80. The van der Waals surface area contributed by atoms with E-state index in [1.54, 1.807) is 0 Å². The number of aliphatic hydroxyl groups excluding tert-OH is 4. The van der Waals surface area contributed by atoms with Crippen molar-refractivity contribution in [2.24, 2.45) is 0 Å². The van der Waals surface area contributed by atoms with Crippen LogP contribution in [-0.4, -0.2) is 57.3 Å². The summed E-state index contributed by atoms with van der Waals surface area (Å²) in [4.78, 5) is 12.3. The van der Waals surface area contributed by atoms with Crippen LogP contribution in [0.4, 0.5) is 0 Å². The van der Waals surface area contributed by atoms with Crippen molar-refractivity contribution in [1.29, 1.82) is 0 Å². The number of carbonyl (C=O) groups is 1. The second kappa shape index (κ2) is 39.5. The van der Waals surface area contributed by atoms with E-state index in [-0.39, 0.29) is 0 Å². The number of amides is 1. The van der Waals surface area contributed by atoms with Crippen LogP contribution in [0.5, 0.6) is 0 Å². The molecule has 0 spiro atoms. The molecule has 0 saturated carbocycles. The summed E-state index contributed by atoms with van der Waals surface area (Å²) in [6, 6.07) is -0.975. The molecule has 0 saturated heterocycles. The maximum Gasteiger partial charge on any atom is 0.249 e. The zero-order valence-electron chi connectivity index (χ0n) is 33.7. The van der Waals surface area contributed by atoms with E-state index in [1.807, 2.05) is 6.92 Å². The average molecular weight is 712 g/mol. The number of hydrogen-bond donors (Lipinski definition) is 5. The van der Waals surface area contributed by atoms with E-state index >= 15 is 0 Å². The number of aliphatic hydroxyl groups is 4. The predicted molar refractivity (Wildman–Crippen MR) is 215 cm³/mol. The summed E-state index contributed by atoms with van der Waals surface area (Å²) in [5.41, 5.74) is 0. The summed E-state index contributed by atoms with van der Waals surface area (Å²) < 4.78 is 0. The van der Waals surface area contributed by atoms with Gasteiger partial charge in [-0.1, -0.05) is 232 Å². The van der Waals surface area contributed by atoms with Gasteiger partial charge in [0.2, 0.25) is 5.91 Å². The van der Waals surface area contributed by atoms with Gasteiger partial charge in [-0.05, 0) is 12.8 Å². The third-order valence-electron chi connectivity index (χ3n) is 10.8. The van der Waals surface area contributed by atoms with Crippen LogP contribution in [-0.2, 0) is 4.79 Å². The summed E-state index contributed by atoms with van der Waals surface area (Å²) in [5, 5.41) is 42.5. The summed E-state index contributed by atoms with van der Waals surface area (Å²) in [5.74, 6) is -0.591. The molecule has 50 heavy (non-hydrogen) atoms. The maximum atomic E-state index is 12.3. The summed E-state index contributed by atoms with van der Waals surface area (Å²) in [6.07, 6.45) is 43.0. The molecular formula is C44H89NO5. The molecule has 0 fully saturated rings. The third kappa shape index (κ3) is 33.2. The Bertz CT molecular complexity index is 677. The van der Waals surface area contributed by atoms with Gasteiger partial charge < -0.3 is 25.7 Å². The van der Waals surface area contributed by atoms with E-state index in [9.17, 15) is 25.2 Å². The van der Waals surface area contributed by atoms with Crippen LogP contribution in [0.15, 0.2) is 0 Å². The molecule has 0 aliphatic rings. The van der Waals surface area contributed by atoms with Gasteiger partial charge in [-0.15, -0.1) is 0 Å². The van der Waals surface area contributed by atoms with E-state index < -0.39 is 36.9 Å². The molecular weight excluding hydrogens is 622 g/mol. The fraction of sp³-hybridized carbons (Fsp3) is 0.977. The zero-order valence-corrected chi connectivity index (χ0v) is 33.7. The van der Waals surface area contributed by atoms with Crippen LogP contribution in [0.1, 0.15) is 245 Å². The van der Waals surface area contributed by atoms with Gasteiger partial charge in [0.15, 0.2) is 0 Å². The fourth-order valence-corrected chi connectivity index (χ4v) is 7.22. The predicted octanol–water partition coefficient (Wildman–Crippen LogP) is 11.6. The first-order valence-corrected chi connectivity index (χ1v) is 22.4. The molecule has 0 aromatic rings. The van der Waals surface area contributed by atoms with Gasteiger partial charge in [0.25, 0.3) is 0 Å². The molecule has 6 heteroatoms. The van der Waals surface area contributed by atoms with Crippen molar-refractivity contribution < 1.29 is 25.2 Å². The Morgan fingerprint density at radius 1 is 0.420 bits per heavy atom. The Hall–Kier alpha value is -0.690. The molecule has 6 nitrogen and oxygen atoms in total. The van der Waals surface area contributed by atoms with E-state index in [2.05, 4.69) is 12.2 Å². The van der Waals surface area contributed by atoms with Crippen molar-refractivity contribution in [3.05, 3.63) is 0 Å². The van der Waals surface area contributed by atoms with Crippen LogP contribution < -0.4 is 5.32 Å². The smallest absolute Gasteiger partial charge is 0.249 e. The zero-order chi connectivity index (χ0) is 36.8. The second-order valence-corrected chi connectivity index (χ2v) is 15.8. The Morgan fingerprint density at radius 2 is 0.700 bits per heavy atom. The number of carbonyl (C=O) groups excluding carboxylic acids is 1. The lowest BCUT2D eigenvalue weighted by molar-refractivity contribution is -0.132. The molecule has 0 aromatic carbocycles. The Kier molecular flexibility index (Phi) is 39.0. The third-order valence-corrected chi connectivity index (χ3v) is 10.8. The molecule has 4 atom stereocenters. The Balaban J connectivity index is 3.35. The molecule has 0 aliphatic carbocycles. The average Bonchev–Trinajstić information content (AvgIpc) is 3.12. The SMILES string of the molecule is CCCCCCCCCCCCCCCCCCCCCCCCCCCCCCCCCCC(O)C(=O)NC(CO)C(O)C(O)CCCC. The van der Waals surface area contributed by atoms with Crippen LogP contribution in [0, 0.1) is 0 Å². The second-order valence-electron chi connectivity index (χ2n) is 15.8. The largest absolute Gasteiger partial charge is 0.394 e. The van der Waals surface area contributed by atoms with Crippen LogP contribution in [0.3, 0.4) is 0 Å². The van der Waals surface area contributed by atoms with Crippen LogP contribution in [0.2, 0.25) is 0 Å².